The molecule has 156 valence electrons. The number of halogens is 2. The quantitative estimate of drug-likeness (QED) is 0.426. The van der Waals surface area contributed by atoms with Crippen molar-refractivity contribution in [1.82, 2.24) is 0 Å². The van der Waals surface area contributed by atoms with Crippen molar-refractivity contribution < 1.29 is 18.3 Å². The first-order valence-electron chi connectivity index (χ1n) is 10.5. The van der Waals surface area contributed by atoms with E-state index in [1.54, 1.807) is 12.1 Å². The molecule has 1 unspecified atom stereocenters. The Hall–Kier alpha value is -2.88. The van der Waals surface area contributed by atoms with E-state index in [1.807, 2.05) is 6.07 Å². The maximum atomic E-state index is 12.8. The molecule has 4 rings (SSSR count). The van der Waals surface area contributed by atoms with Gasteiger partial charge in [0.25, 0.3) is 6.43 Å². The molecule has 0 aliphatic carbocycles. The Bertz CT molecular complexity index is 965. The number of benzene rings is 3. The molecule has 1 aliphatic rings. The van der Waals surface area contributed by atoms with Crippen LogP contribution in [0.3, 0.4) is 0 Å². The van der Waals surface area contributed by atoms with Gasteiger partial charge in [0, 0.05) is 0 Å². The van der Waals surface area contributed by atoms with Crippen molar-refractivity contribution in [1.29, 1.82) is 0 Å². The number of rotatable bonds is 7. The predicted octanol–water partition coefficient (Wildman–Crippen LogP) is 6.84. The molecule has 30 heavy (non-hydrogen) atoms. The van der Waals surface area contributed by atoms with E-state index in [4.69, 9.17) is 9.47 Å². The lowest BCUT2D eigenvalue weighted by molar-refractivity contribution is 0.000539. The zero-order valence-electron chi connectivity index (χ0n) is 17.1. The molecule has 0 saturated carbocycles. The molecule has 1 heterocycles. The van der Waals surface area contributed by atoms with E-state index in [0.717, 1.165) is 29.7 Å². The van der Waals surface area contributed by atoms with Gasteiger partial charge in [-0.3, -0.25) is 0 Å². The minimum Gasteiger partial charge on any atom is -0.489 e. The van der Waals surface area contributed by atoms with E-state index in [9.17, 15) is 8.78 Å². The fourth-order valence-corrected chi connectivity index (χ4v) is 3.77. The summed E-state index contributed by atoms with van der Waals surface area (Å²) in [4.78, 5) is 0. The second-order valence-corrected chi connectivity index (χ2v) is 7.73. The number of ether oxygens (including phenoxy) is 2. The van der Waals surface area contributed by atoms with Crippen LogP contribution in [0.25, 0.3) is 11.1 Å². The minimum absolute atomic E-state index is 0.328. The molecule has 3 aromatic carbocycles. The number of fused-ring (bicyclic) bond motifs is 1. The third kappa shape index (κ3) is 4.81. The van der Waals surface area contributed by atoms with Gasteiger partial charge in [-0.1, -0.05) is 61.9 Å². The highest BCUT2D eigenvalue weighted by molar-refractivity contribution is 5.64. The van der Waals surface area contributed by atoms with Crippen LogP contribution in [-0.4, -0.2) is 12.5 Å². The summed E-state index contributed by atoms with van der Waals surface area (Å²) in [5.74, 6) is 1.26. The van der Waals surface area contributed by atoms with E-state index < -0.39 is 12.5 Å². The summed E-state index contributed by atoms with van der Waals surface area (Å²) in [5.41, 5.74) is 5.76. The van der Waals surface area contributed by atoms with E-state index in [2.05, 4.69) is 55.5 Å². The third-order valence-corrected chi connectivity index (χ3v) is 5.47. The standard InChI is InChI=1S/C26H26F2O2/c1-2-3-18-4-8-20(9-5-18)21-10-6-19(7-11-21)17-29-23-13-15-24-22(16-23)12-14-25(30-24)26(27)28/h4-11,13,15-16,25-26H,2-3,12,14,17H2,1H3. The van der Waals surface area contributed by atoms with Gasteiger partial charge < -0.3 is 9.47 Å². The average molecular weight is 408 g/mol. The van der Waals surface area contributed by atoms with Gasteiger partial charge in [-0.25, -0.2) is 8.78 Å². The summed E-state index contributed by atoms with van der Waals surface area (Å²) in [6, 6.07) is 22.5. The van der Waals surface area contributed by atoms with Crippen LogP contribution < -0.4 is 9.47 Å². The highest BCUT2D eigenvalue weighted by Gasteiger charge is 2.27. The normalized spacial score (nSPS) is 15.5. The highest BCUT2D eigenvalue weighted by Crippen LogP contribution is 2.33. The van der Waals surface area contributed by atoms with E-state index in [1.165, 1.54) is 16.7 Å². The lowest BCUT2D eigenvalue weighted by Crippen LogP contribution is -2.29. The molecule has 4 heteroatoms. The minimum atomic E-state index is -2.45. The number of aryl methyl sites for hydroxylation is 2. The zero-order valence-corrected chi connectivity index (χ0v) is 17.1. The summed E-state index contributed by atoms with van der Waals surface area (Å²) in [6.45, 7) is 2.64. The lowest BCUT2D eigenvalue weighted by Gasteiger charge is -2.25. The van der Waals surface area contributed by atoms with Crippen molar-refractivity contribution in [3.8, 4) is 22.6 Å². The Morgan fingerprint density at radius 2 is 1.60 bits per heavy atom. The molecule has 0 bridgehead atoms. The molecule has 0 amide bonds. The maximum Gasteiger partial charge on any atom is 0.274 e. The molecule has 0 fully saturated rings. The second-order valence-electron chi connectivity index (χ2n) is 7.73. The van der Waals surface area contributed by atoms with Gasteiger partial charge in [-0.15, -0.1) is 0 Å². The van der Waals surface area contributed by atoms with Crippen molar-refractivity contribution in [3.05, 3.63) is 83.4 Å². The zero-order chi connectivity index (χ0) is 20.9. The summed E-state index contributed by atoms with van der Waals surface area (Å²) in [6.07, 6.45) is -0.293. The molecule has 0 spiro atoms. The van der Waals surface area contributed by atoms with E-state index in [-0.39, 0.29) is 0 Å². The number of hydrogen-bond donors (Lipinski definition) is 0. The molecule has 0 saturated heterocycles. The Labute approximate surface area is 176 Å². The molecule has 1 aliphatic heterocycles. The Kier molecular flexibility index (Phi) is 6.32. The number of alkyl halides is 2. The number of hydrogen-bond acceptors (Lipinski definition) is 2. The van der Waals surface area contributed by atoms with E-state index in [0.29, 0.717) is 25.2 Å². The molecule has 3 aromatic rings. The summed E-state index contributed by atoms with van der Waals surface area (Å²) in [7, 11) is 0. The summed E-state index contributed by atoms with van der Waals surface area (Å²) >= 11 is 0. The van der Waals surface area contributed by atoms with Crippen LogP contribution in [0.2, 0.25) is 0 Å². The van der Waals surface area contributed by atoms with Gasteiger partial charge in [0.15, 0.2) is 6.10 Å². The van der Waals surface area contributed by atoms with Crippen LogP contribution in [0.4, 0.5) is 8.78 Å². The van der Waals surface area contributed by atoms with Gasteiger partial charge in [0.2, 0.25) is 0 Å². The summed E-state index contributed by atoms with van der Waals surface area (Å²) in [5, 5.41) is 0. The maximum absolute atomic E-state index is 12.8. The Morgan fingerprint density at radius 3 is 2.23 bits per heavy atom. The van der Waals surface area contributed by atoms with Crippen molar-refractivity contribution in [2.45, 2.75) is 51.7 Å². The van der Waals surface area contributed by atoms with Gasteiger partial charge >= 0.3 is 0 Å². The van der Waals surface area contributed by atoms with Gasteiger partial charge in [0.1, 0.15) is 18.1 Å². The van der Waals surface area contributed by atoms with Gasteiger partial charge in [-0.2, -0.15) is 0 Å². The van der Waals surface area contributed by atoms with Gasteiger partial charge in [-0.05, 0) is 65.3 Å². The molecule has 0 aromatic heterocycles. The van der Waals surface area contributed by atoms with Crippen molar-refractivity contribution in [3.63, 3.8) is 0 Å². The van der Waals surface area contributed by atoms with Crippen molar-refractivity contribution >= 4 is 0 Å². The lowest BCUT2D eigenvalue weighted by atomic mass is 10.0. The van der Waals surface area contributed by atoms with Crippen LogP contribution in [0.15, 0.2) is 66.7 Å². The van der Waals surface area contributed by atoms with Gasteiger partial charge in [0.05, 0.1) is 0 Å². The highest BCUT2D eigenvalue weighted by atomic mass is 19.3. The fraction of sp³-hybridized carbons (Fsp3) is 0.308. The molecule has 0 N–H and O–H groups in total. The molecular formula is C26H26F2O2. The van der Waals surface area contributed by atoms with Crippen LogP contribution in [0.1, 0.15) is 36.5 Å². The van der Waals surface area contributed by atoms with Crippen molar-refractivity contribution in [2.75, 3.05) is 0 Å². The predicted molar refractivity (Wildman–Crippen MR) is 115 cm³/mol. The summed E-state index contributed by atoms with van der Waals surface area (Å²) < 4.78 is 37.0. The molecular weight excluding hydrogens is 382 g/mol. The van der Waals surface area contributed by atoms with Crippen LogP contribution in [-0.2, 0) is 19.4 Å². The molecule has 0 radical (unpaired) electrons. The first kappa shape index (κ1) is 20.4. The van der Waals surface area contributed by atoms with Crippen LogP contribution in [0, 0.1) is 0 Å². The van der Waals surface area contributed by atoms with Crippen LogP contribution >= 0.6 is 0 Å². The second kappa shape index (κ2) is 9.29. The first-order chi connectivity index (χ1) is 14.6. The fourth-order valence-electron chi connectivity index (χ4n) is 3.77. The third-order valence-electron chi connectivity index (χ3n) is 5.47. The average Bonchev–Trinajstić information content (AvgIpc) is 2.78. The Morgan fingerprint density at radius 1 is 0.933 bits per heavy atom. The smallest absolute Gasteiger partial charge is 0.274 e. The largest absolute Gasteiger partial charge is 0.489 e. The molecule has 1 atom stereocenters. The van der Waals surface area contributed by atoms with E-state index >= 15 is 0 Å². The first-order valence-corrected chi connectivity index (χ1v) is 10.5. The molecule has 2 nitrogen and oxygen atoms in total. The monoisotopic (exact) mass is 408 g/mol. The van der Waals surface area contributed by atoms with Crippen molar-refractivity contribution in [2.24, 2.45) is 0 Å². The van der Waals surface area contributed by atoms with Crippen LogP contribution in [0.5, 0.6) is 11.5 Å². The Balaban J connectivity index is 1.36. The SMILES string of the molecule is CCCc1ccc(-c2ccc(COc3ccc4c(c3)CCC(C(F)F)O4)cc2)cc1. The topological polar surface area (TPSA) is 18.5 Å².